The molecule has 41 heavy (non-hydrogen) atoms. The first-order valence-electron chi connectivity index (χ1n) is 14.0. The number of hydrogen-bond donors (Lipinski definition) is 4. The molecule has 12 heteroatoms. The Morgan fingerprint density at radius 1 is 0.829 bits per heavy atom. The zero-order valence-electron chi connectivity index (χ0n) is 23.0. The van der Waals surface area contributed by atoms with Gasteiger partial charge in [0.05, 0.1) is 18.5 Å². The van der Waals surface area contributed by atoms with E-state index in [0.717, 1.165) is 24.2 Å². The van der Waals surface area contributed by atoms with E-state index in [1.54, 1.807) is 42.5 Å². The summed E-state index contributed by atoms with van der Waals surface area (Å²) >= 11 is 0. The molecular formula is C29H39N3O7S2. The van der Waals surface area contributed by atoms with Crippen molar-refractivity contribution >= 4 is 25.8 Å². The molecule has 1 aromatic heterocycles. The fourth-order valence-corrected chi connectivity index (χ4v) is 6.69. The van der Waals surface area contributed by atoms with Gasteiger partial charge in [0.15, 0.2) is 0 Å². The number of rotatable bonds is 9. The highest BCUT2D eigenvalue weighted by Crippen LogP contribution is 2.36. The Bertz CT molecular complexity index is 1430. The van der Waals surface area contributed by atoms with Crippen LogP contribution in [0.2, 0.25) is 0 Å². The summed E-state index contributed by atoms with van der Waals surface area (Å²) in [7, 11) is -9.12. The lowest BCUT2D eigenvalue weighted by Crippen LogP contribution is -2.40. The normalized spacial score (nSPS) is 16.9. The van der Waals surface area contributed by atoms with Gasteiger partial charge in [-0.05, 0) is 56.0 Å². The lowest BCUT2D eigenvalue weighted by atomic mass is 9.91. The molecule has 0 aliphatic heterocycles. The summed E-state index contributed by atoms with van der Waals surface area (Å²) in [5.74, 6) is 0.592. The number of primary sulfonamides is 1. The number of benzene rings is 2. The number of sulfonamides is 1. The molecule has 0 bridgehead atoms. The van der Waals surface area contributed by atoms with Gasteiger partial charge in [0.2, 0.25) is 10.0 Å². The minimum absolute atomic E-state index is 0.0784. The van der Waals surface area contributed by atoms with Gasteiger partial charge in [-0.2, -0.15) is 8.42 Å². The van der Waals surface area contributed by atoms with Crippen molar-refractivity contribution < 1.29 is 30.5 Å². The topological polar surface area (TPSA) is 161 Å². The van der Waals surface area contributed by atoms with Gasteiger partial charge in [0.1, 0.15) is 27.1 Å². The summed E-state index contributed by atoms with van der Waals surface area (Å²) in [6.45, 7) is 0.0784. The second-order valence-corrected chi connectivity index (χ2v) is 13.4. The van der Waals surface area contributed by atoms with Crippen molar-refractivity contribution in [3.63, 3.8) is 0 Å². The maximum Gasteiger partial charge on any atom is 0.296 e. The van der Waals surface area contributed by atoms with Gasteiger partial charge in [-0.15, -0.1) is 0 Å². The summed E-state index contributed by atoms with van der Waals surface area (Å²) < 4.78 is 67.8. The first-order valence-corrected chi connectivity index (χ1v) is 17.0. The summed E-state index contributed by atoms with van der Waals surface area (Å²) in [6.07, 6.45) is 16.0. The monoisotopic (exact) mass is 605 g/mol. The van der Waals surface area contributed by atoms with E-state index in [9.17, 15) is 21.4 Å². The predicted octanol–water partition coefficient (Wildman–Crippen LogP) is 5.82. The first kappa shape index (κ1) is 31.0. The number of para-hydroxylation sites is 1. The van der Waals surface area contributed by atoms with E-state index >= 15 is 0 Å². The van der Waals surface area contributed by atoms with E-state index in [1.165, 1.54) is 70.5 Å². The van der Waals surface area contributed by atoms with Crippen molar-refractivity contribution in [1.29, 1.82) is 0 Å². The molecule has 3 aromatic rings. The minimum atomic E-state index is -4.77. The maximum atomic E-state index is 12.0. The smallest absolute Gasteiger partial charge is 0.296 e. The molecule has 2 aliphatic carbocycles. The molecule has 5 N–H and O–H groups in total. The second-order valence-electron chi connectivity index (χ2n) is 10.5. The van der Waals surface area contributed by atoms with E-state index in [4.69, 9.17) is 14.3 Å². The highest BCUT2D eigenvalue weighted by atomic mass is 32.2. The van der Waals surface area contributed by atoms with Crippen LogP contribution in [0.15, 0.2) is 75.1 Å². The average Bonchev–Trinajstić information content (AvgIpc) is 3.47. The van der Waals surface area contributed by atoms with Crippen LogP contribution in [0.25, 0.3) is 0 Å². The van der Waals surface area contributed by atoms with Gasteiger partial charge in [-0.25, -0.2) is 13.6 Å². The molecule has 2 fully saturated rings. The largest absolute Gasteiger partial charge is 0.467 e. The standard InChI is InChI=1S/C17H16N2O7S2.C12H23N/c18-27(20,21)17-10-16(28(22,23)24)14(19-11-13-7-4-8-25-13)9-15(17)26-12-5-2-1-3-6-12;1-3-7-11(8-4-1)13-12-9-5-2-6-10-12/h1-10,19H,11H2,(H2,18,20,21)(H,22,23,24);11-13H,1-10H2. The Hall–Kier alpha value is -2.90. The van der Waals surface area contributed by atoms with Gasteiger partial charge in [0.25, 0.3) is 10.1 Å². The number of nitrogens with one attached hydrogen (secondary N) is 2. The summed E-state index contributed by atoms with van der Waals surface area (Å²) in [5.41, 5.74) is -0.0859. The van der Waals surface area contributed by atoms with E-state index in [1.807, 2.05) is 0 Å². The highest BCUT2D eigenvalue weighted by molar-refractivity contribution is 7.89. The number of anilines is 1. The van der Waals surface area contributed by atoms with Gasteiger partial charge in [-0.3, -0.25) is 4.55 Å². The molecule has 0 saturated heterocycles. The van der Waals surface area contributed by atoms with Crippen molar-refractivity contribution in [1.82, 2.24) is 5.32 Å². The Kier molecular flexibility index (Phi) is 10.8. The van der Waals surface area contributed by atoms with Crippen molar-refractivity contribution in [2.24, 2.45) is 5.14 Å². The van der Waals surface area contributed by atoms with E-state index in [2.05, 4.69) is 10.6 Å². The zero-order chi connectivity index (χ0) is 29.3. The highest BCUT2D eigenvalue weighted by Gasteiger charge is 2.25. The lowest BCUT2D eigenvalue weighted by molar-refractivity contribution is 0.291. The molecule has 2 aliphatic rings. The third-order valence-corrected chi connectivity index (χ3v) is 9.14. The van der Waals surface area contributed by atoms with Crippen LogP contribution in [-0.2, 0) is 26.7 Å². The van der Waals surface area contributed by atoms with Crippen molar-refractivity contribution in [2.75, 3.05) is 5.32 Å². The van der Waals surface area contributed by atoms with Crippen LogP contribution in [0, 0.1) is 0 Å². The number of ether oxygens (including phenoxy) is 1. The Morgan fingerprint density at radius 3 is 1.95 bits per heavy atom. The summed E-state index contributed by atoms with van der Waals surface area (Å²) in [4.78, 5) is -1.25. The second kappa shape index (κ2) is 14.3. The predicted molar refractivity (Wildman–Crippen MR) is 157 cm³/mol. The molecular weight excluding hydrogens is 566 g/mol. The van der Waals surface area contributed by atoms with Crippen LogP contribution in [0.3, 0.4) is 0 Å². The SMILES string of the molecule is C1CCC(NC2CCCCC2)CC1.NS(=O)(=O)c1cc(S(=O)(=O)O)c(NCc2ccco2)cc1Oc1ccccc1. The Labute approximate surface area is 242 Å². The fourth-order valence-electron chi connectivity index (χ4n) is 5.28. The van der Waals surface area contributed by atoms with Crippen LogP contribution in [0.1, 0.15) is 70.0 Å². The number of hydrogen-bond acceptors (Lipinski definition) is 8. The molecule has 224 valence electrons. The molecule has 1 heterocycles. The van der Waals surface area contributed by atoms with Crippen molar-refractivity contribution in [3.05, 3.63) is 66.6 Å². The molecule has 2 saturated carbocycles. The van der Waals surface area contributed by atoms with Gasteiger partial charge in [-0.1, -0.05) is 56.7 Å². The van der Waals surface area contributed by atoms with Gasteiger partial charge < -0.3 is 19.8 Å². The summed E-state index contributed by atoms with van der Waals surface area (Å²) in [6, 6.07) is 15.2. The summed E-state index contributed by atoms with van der Waals surface area (Å²) in [5, 5.41) is 11.8. The maximum absolute atomic E-state index is 12.0. The van der Waals surface area contributed by atoms with E-state index in [0.29, 0.717) is 11.5 Å². The molecule has 0 unspecified atom stereocenters. The molecule has 10 nitrogen and oxygen atoms in total. The van der Waals surface area contributed by atoms with Crippen molar-refractivity contribution in [3.8, 4) is 11.5 Å². The van der Waals surface area contributed by atoms with Crippen LogP contribution in [0.4, 0.5) is 5.69 Å². The lowest BCUT2D eigenvalue weighted by Gasteiger charge is -2.30. The average molecular weight is 606 g/mol. The molecule has 0 amide bonds. The van der Waals surface area contributed by atoms with Crippen LogP contribution >= 0.6 is 0 Å². The third-order valence-electron chi connectivity index (χ3n) is 7.32. The molecule has 0 atom stereocenters. The van der Waals surface area contributed by atoms with E-state index in [-0.39, 0.29) is 18.0 Å². The minimum Gasteiger partial charge on any atom is -0.467 e. The Morgan fingerprint density at radius 2 is 1.44 bits per heavy atom. The molecule has 5 rings (SSSR count). The van der Waals surface area contributed by atoms with Crippen LogP contribution in [0.5, 0.6) is 11.5 Å². The van der Waals surface area contributed by atoms with Crippen LogP contribution < -0.4 is 20.5 Å². The third kappa shape index (κ3) is 9.57. The van der Waals surface area contributed by atoms with Crippen LogP contribution in [-0.4, -0.2) is 33.5 Å². The van der Waals surface area contributed by atoms with Gasteiger partial charge in [0, 0.05) is 18.2 Å². The number of furan rings is 1. The van der Waals surface area contributed by atoms with E-state index < -0.39 is 29.9 Å². The van der Waals surface area contributed by atoms with Gasteiger partial charge >= 0.3 is 0 Å². The fraction of sp³-hybridized carbons (Fsp3) is 0.448. The number of nitrogens with two attached hydrogens (primary N) is 1. The van der Waals surface area contributed by atoms with Crippen molar-refractivity contribution in [2.45, 2.75) is 92.6 Å². The Balaban J connectivity index is 0.000000247. The molecule has 2 aromatic carbocycles. The molecule has 0 spiro atoms. The first-order chi connectivity index (χ1) is 19.6. The molecule has 0 radical (unpaired) electrons. The quantitative estimate of drug-likeness (QED) is 0.220. The zero-order valence-corrected chi connectivity index (χ0v) is 24.6.